The van der Waals surface area contributed by atoms with Crippen LogP contribution in [0.3, 0.4) is 0 Å². The Bertz CT molecular complexity index is 499. The summed E-state index contributed by atoms with van der Waals surface area (Å²) in [4.78, 5) is -0.841. The number of sulfonamides is 1. The lowest BCUT2D eigenvalue weighted by Gasteiger charge is -1.96. The van der Waals surface area contributed by atoms with Crippen molar-refractivity contribution in [2.45, 2.75) is 4.90 Å². The van der Waals surface area contributed by atoms with Crippen LogP contribution in [0.5, 0.6) is 0 Å². The van der Waals surface area contributed by atoms with Gasteiger partial charge in [0.1, 0.15) is 0 Å². The van der Waals surface area contributed by atoms with Crippen molar-refractivity contribution in [2.75, 3.05) is 5.73 Å². The Labute approximate surface area is 70.5 Å². The molecule has 0 spiro atoms. The molecule has 0 aliphatic heterocycles. The van der Waals surface area contributed by atoms with E-state index < -0.39 is 44.8 Å². The predicted octanol–water partition coefficient (Wildman–Crippen LogP) is -0.0838. The molecule has 1 rings (SSSR count). The van der Waals surface area contributed by atoms with Crippen molar-refractivity contribution >= 4 is 15.7 Å². The van der Waals surface area contributed by atoms with Crippen molar-refractivity contribution in [1.82, 2.24) is 0 Å². The Morgan fingerprint density at radius 3 is 2.09 bits per heavy atom. The van der Waals surface area contributed by atoms with E-state index in [-0.39, 0.29) is 0 Å². The van der Waals surface area contributed by atoms with E-state index in [1.54, 1.807) is 0 Å². The SMILES string of the molecule is [2H]c1c([2H])c(S(N)(=O)=O)c([2H])c([2H])c1N. The maximum absolute atomic E-state index is 11.0. The van der Waals surface area contributed by atoms with Crippen molar-refractivity contribution in [1.29, 1.82) is 0 Å². The fourth-order valence-corrected chi connectivity index (χ4v) is 0.840. The maximum atomic E-state index is 11.0. The van der Waals surface area contributed by atoms with E-state index in [2.05, 4.69) is 0 Å². The lowest BCUT2D eigenvalue weighted by molar-refractivity contribution is 0.598. The fraction of sp³-hybridized carbons (Fsp3) is 0. The first-order chi connectivity index (χ1) is 6.68. The second kappa shape index (κ2) is 2.52. The molecule has 0 heterocycles. The highest BCUT2D eigenvalue weighted by molar-refractivity contribution is 7.89. The zero-order chi connectivity index (χ0) is 12.0. The minimum Gasteiger partial charge on any atom is -0.399 e. The summed E-state index contributed by atoms with van der Waals surface area (Å²) in [5.74, 6) is 0. The van der Waals surface area contributed by atoms with Gasteiger partial charge in [0.05, 0.1) is 10.4 Å². The smallest absolute Gasteiger partial charge is 0.238 e. The molecule has 0 bridgehead atoms. The van der Waals surface area contributed by atoms with Gasteiger partial charge in [0.15, 0.2) is 0 Å². The topological polar surface area (TPSA) is 86.2 Å². The lowest BCUT2D eigenvalue weighted by Crippen LogP contribution is -2.11. The molecular formula is C6H8N2O2S. The van der Waals surface area contributed by atoms with Crippen molar-refractivity contribution < 1.29 is 13.9 Å². The quantitative estimate of drug-likeness (QED) is 0.586. The molecule has 0 atom stereocenters. The molecule has 1 aromatic carbocycles. The molecule has 5 heteroatoms. The van der Waals surface area contributed by atoms with Crippen LogP contribution in [-0.2, 0) is 10.0 Å². The largest absolute Gasteiger partial charge is 0.399 e. The van der Waals surface area contributed by atoms with Gasteiger partial charge in [-0.2, -0.15) is 0 Å². The molecule has 0 saturated heterocycles. The molecular weight excluding hydrogens is 164 g/mol. The second-order valence-corrected chi connectivity index (χ2v) is 3.29. The molecule has 0 aliphatic rings. The van der Waals surface area contributed by atoms with Crippen LogP contribution in [0.4, 0.5) is 5.69 Å². The molecule has 0 radical (unpaired) electrons. The summed E-state index contributed by atoms with van der Waals surface area (Å²) in [7, 11) is -4.30. The van der Waals surface area contributed by atoms with Crippen LogP contribution in [0.2, 0.25) is 0 Å². The molecule has 0 amide bonds. The first-order valence-corrected chi connectivity index (χ1v) is 4.11. The van der Waals surface area contributed by atoms with E-state index in [4.69, 9.17) is 16.4 Å². The molecule has 1 aromatic rings. The van der Waals surface area contributed by atoms with E-state index in [1.807, 2.05) is 0 Å². The number of nitrogen functional groups attached to an aromatic ring is 1. The number of benzene rings is 1. The fourth-order valence-electron chi connectivity index (χ4n) is 0.453. The molecule has 60 valence electrons. The van der Waals surface area contributed by atoms with Gasteiger partial charge in [0, 0.05) is 5.69 Å². The summed E-state index contributed by atoms with van der Waals surface area (Å²) in [5, 5.41) is 4.77. The Morgan fingerprint density at radius 1 is 1.27 bits per heavy atom. The summed E-state index contributed by atoms with van der Waals surface area (Å²) >= 11 is 0. The zero-order valence-corrected chi connectivity index (χ0v) is 6.20. The summed E-state index contributed by atoms with van der Waals surface area (Å²) in [6.45, 7) is 0. The number of hydrogen-bond acceptors (Lipinski definition) is 3. The number of anilines is 1. The van der Waals surface area contributed by atoms with Gasteiger partial charge in [-0.25, -0.2) is 13.6 Å². The first kappa shape index (κ1) is 4.08. The normalized spacial score (nSPS) is 16.5. The van der Waals surface area contributed by atoms with Gasteiger partial charge in [0.2, 0.25) is 10.0 Å². The molecule has 0 fully saturated rings. The molecule has 0 unspecified atom stereocenters. The van der Waals surface area contributed by atoms with Gasteiger partial charge in [-0.15, -0.1) is 0 Å². The maximum Gasteiger partial charge on any atom is 0.238 e. The van der Waals surface area contributed by atoms with E-state index in [1.165, 1.54) is 0 Å². The number of primary sulfonamides is 1. The Balaban J connectivity index is 3.84. The standard InChI is InChI=1S/C6H8N2O2S/c7-5-1-3-6(4-2-5)11(8,9)10/h1-4H,7H2,(H2,8,9,10)/i1D,2D,3D,4D. The van der Waals surface area contributed by atoms with Gasteiger partial charge in [0.25, 0.3) is 0 Å². The monoisotopic (exact) mass is 176 g/mol. The third kappa shape index (κ3) is 1.92. The zero-order valence-electron chi connectivity index (χ0n) is 9.38. The van der Waals surface area contributed by atoms with Crippen LogP contribution in [0.25, 0.3) is 0 Å². The predicted molar refractivity (Wildman–Crippen MR) is 42.2 cm³/mol. The summed E-state index contributed by atoms with van der Waals surface area (Å²) in [5.41, 5.74) is 4.84. The summed E-state index contributed by atoms with van der Waals surface area (Å²) in [6, 6.07) is -2.73. The van der Waals surface area contributed by atoms with Crippen LogP contribution in [0.1, 0.15) is 5.48 Å². The molecule has 11 heavy (non-hydrogen) atoms. The highest BCUT2D eigenvalue weighted by atomic mass is 32.2. The van der Waals surface area contributed by atoms with Gasteiger partial charge in [-0.05, 0) is 24.2 Å². The second-order valence-electron chi connectivity index (χ2n) is 1.79. The highest BCUT2D eigenvalue weighted by Gasteiger charge is 2.04. The highest BCUT2D eigenvalue weighted by Crippen LogP contribution is 2.08. The molecule has 0 aromatic heterocycles. The van der Waals surface area contributed by atoms with Crippen LogP contribution in [-0.4, -0.2) is 8.42 Å². The van der Waals surface area contributed by atoms with E-state index >= 15 is 0 Å². The van der Waals surface area contributed by atoms with Crippen molar-refractivity contribution in [3.05, 3.63) is 24.2 Å². The van der Waals surface area contributed by atoms with Gasteiger partial charge >= 0.3 is 0 Å². The molecule has 0 aliphatic carbocycles. The Kier molecular flexibility index (Phi) is 0.935. The molecule has 4 nitrogen and oxygen atoms in total. The van der Waals surface area contributed by atoms with E-state index in [0.29, 0.717) is 0 Å². The van der Waals surface area contributed by atoms with Crippen molar-refractivity contribution in [3.63, 3.8) is 0 Å². The number of rotatable bonds is 1. The average molecular weight is 176 g/mol. The third-order valence-corrected chi connectivity index (χ3v) is 1.68. The van der Waals surface area contributed by atoms with Crippen LogP contribution >= 0.6 is 0 Å². The number of nitrogens with two attached hydrogens (primary N) is 2. The van der Waals surface area contributed by atoms with Gasteiger partial charge < -0.3 is 5.73 Å². The van der Waals surface area contributed by atoms with Gasteiger partial charge in [-0.3, -0.25) is 0 Å². The minimum absolute atomic E-state index is 0.405. The van der Waals surface area contributed by atoms with Crippen LogP contribution in [0.15, 0.2) is 29.1 Å². The Hall–Kier alpha value is -1.07. The lowest BCUT2D eigenvalue weighted by atomic mass is 10.3. The summed E-state index contributed by atoms with van der Waals surface area (Å²) in [6.07, 6.45) is 0. The van der Waals surface area contributed by atoms with Gasteiger partial charge in [-0.1, -0.05) is 0 Å². The van der Waals surface area contributed by atoms with Crippen molar-refractivity contribution in [3.8, 4) is 0 Å². The Morgan fingerprint density at radius 2 is 1.73 bits per heavy atom. The van der Waals surface area contributed by atoms with Crippen LogP contribution < -0.4 is 10.9 Å². The van der Waals surface area contributed by atoms with E-state index in [9.17, 15) is 8.42 Å². The summed E-state index contributed by atoms with van der Waals surface area (Å²) < 4.78 is 51.2. The molecule has 4 N–H and O–H groups in total. The first-order valence-electron chi connectivity index (χ1n) is 4.56. The van der Waals surface area contributed by atoms with Crippen LogP contribution in [0, 0.1) is 0 Å². The number of hydrogen-bond donors (Lipinski definition) is 2. The molecule has 0 saturated carbocycles. The minimum atomic E-state index is -4.30. The third-order valence-electron chi connectivity index (χ3n) is 0.906. The average Bonchev–Trinajstić information content (AvgIpc) is 2.09. The van der Waals surface area contributed by atoms with E-state index in [0.717, 1.165) is 0 Å². The van der Waals surface area contributed by atoms with Crippen molar-refractivity contribution in [2.24, 2.45) is 5.14 Å².